The molecule has 1 N–H and O–H groups in total. The van der Waals surface area contributed by atoms with Crippen LogP contribution in [0.25, 0.3) is 0 Å². The molecule has 3 rings (SSSR count). The molecule has 10 heteroatoms. The summed E-state index contributed by atoms with van der Waals surface area (Å²) in [4.78, 5) is 45.0. The molecule has 3 heterocycles. The van der Waals surface area contributed by atoms with E-state index in [2.05, 4.69) is 10.0 Å². The van der Waals surface area contributed by atoms with Crippen LogP contribution in [0, 0.1) is 5.92 Å². The summed E-state index contributed by atoms with van der Waals surface area (Å²) in [6.07, 6.45) is 2.73. The summed E-state index contributed by atoms with van der Waals surface area (Å²) in [7, 11) is 0. The van der Waals surface area contributed by atoms with Gasteiger partial charge < -0.3 is 14.5 Å². The zero-order valence-electron chi connectivity index (χ0n) is 16.6. The second kappa shape index (κ2) is 8.22. The molecule has 158 valence electrons. The number of rotatable bonds is 5. The molecule has 0 aromatic heterocycles. The van der Waals surface area contributed by atoms with Crippen molar-refractivity contribution in [2.45, 2.75) is 70.6 Å². The van der Waals surface area contributed by atoms with E-state index in [1.807, 2.05) is 20.8 Å². The van der Waals surface area contributed by atoms with Crippen LogP contribution < -0.4 is 0 Å². The van der Waals surface area contributed by atoms with Gasteiger partial charge in [0.2, 0.25) is 0 Å². The second-order valence-corrected chi connectivity index (χ2v) is 8.74. The Bertz CT molecular complexity index is 613. The van der Waals surface area contributed by atoms with Crippen molar-refractivity contribution in [1.29, 1.82) is 0 Å². The highest BCUT2D eigenvalue weighted by atomic mass is 17.5. The normalized spacial score (nSPS) is 26.0. The third kappa shape index (κ3) is 4.56. The second-order valence-electron chi connectivity index (χ2n) is 8.74. The summed E-state index contributed by atoms with van der Waals surface area (Å²) in [6.45, 7) is 7.03. The molecule has 0 aromatic carbocycles. The SMILES string of the molecule is CC(C)(C)OC(=O)N1CCC(CC(=O)C2CC[C@@H]3CN2C(=O)N3OOO)CC1. The highest BCUT2D eigenvalue weighted by molar-refractivity contribution is 5.90. The lowest BCUT2D eigenvalue weighted by atomic mass is 9.87. The zero-order valence-corrected chi connectivity index (χ0v) is 16.6. The quantitative estimate of drug-likeness (QED) is 0.557. The Morgan fingerprint density at radius 2 is 1.82 bits per heavy atom. The van der Waals surface area contributed by atoms with Crippen LogP contribution in [-0.2, 0) is 19.6 Å². The summed E-state index contributed by atoms with van der Waals surface area (Å²) in [6, 6.07) is -1.16. The third-order valence-electron chi connectivity index (χ3n) is 5.56. The first-order valence-electron chi connectivity index (χ1n) is 9.78. The van der Waals surface area contributed by atoms with E-state index in [1.165, 1.54) is 4.90 Å². The molecule has 0 spiro atoms. The van der Waals surface area contributed by atoms with Crippen molar-refractivity contribution >= 4 is 17.9 Å². The summed E-state index contributed by atoms with van der Waals surface area (Å²) in [5.41, 5.74) is -0.524. The van der Waals surface area contributed by atoms with Gasteiger partial charge in [0, 0.05) is 26.1 Å². The molecule has 1 unspecified atom stereocenters. The average Bonchev–Trinajstić information content (AvgIpc) is 2.86. The third-order valence-corrected chi connectivity index (χ3v) is 5.56. The number of ether oxygens (including phenoxy) is 1. The average molecular weight is 399 g/mol. The number of Topliss-reactive ketones (excluding diaryl/α,β-unsaturated/α-hetero) is 1. The number of piperidine rings is 2. The van der Waals surface area contributed by atoms with E-state index in [9.17, 15) is 14.4 Å². The van der Waals surface area contributed by atoms with Crippen LogP contribution in [0.4, 0.5) is 9.59 Å². The number of hydrogen-bond acceptors (Lipinski definition) is 7. The summed E-state index contributed by atoms with van der Waals surface area (Å²) in [5, 5.41) is 13.1. The number of nitrogens with zero attached hydrogens (tertiary/aromatic N) is 3. The van der Waals surface area contributed by atoms with E-state index in [0.717, 1.165) is 17.9 Å². The minimum absolute atomic E-state index is 0.0364. The van der Waals surface area contributed by atoms with Gasteiger partial charge in [-0.05, 0) is 57.4 Å². The van der Waals surface area contributed by atoms with Gasteiger partial charge in [0.05, 0.1) is 12.1 Å². The van der Waals surface area contributed by atoms with Gasteiger partial charge >= 0.3 is 12.1 Å². The molecular formula is C18H29N3O7. The number of likely N-dealkylation sites (tertiary alicyclic amines) is 1. The number of fused-ring (bicyclic) bond motifs is 2. The van der Waals surface area contributed by atoms with E-state index in [1.54, 1.807) is 4.90 Å². The first-order chi connectivity index (χ1) is 13.2. The number of hydroxylamine groups is 2. The molecule has 2 atom stereocenters. The first kappa shape index (κ1) is 20.8. The van der Waals surface area contributed by atoms with Gasteiger partial charge in [-0.3, -0.25) is 4.79 Å². The number of amides is 3. The Morgan fingerprint density at radius 3 is 2.43 bits per heavy atom. The predicted molar refractivity (Wildman–Crippen MR) is 95.7 cm³/mol. The molecule has 0 radical (unpaired) electrons. The maximum atomic E-state index is 12.8. The standard InChI is InChI=1S/C18H29N3O7/c1-18(2,3)26-17(24)19-8-6-12(7-9-19)10-15(22)14-5-4-13-11-20(14)16(23)21(13)27-28-25/h12-14,25H,4-11H2,1-3H3/t13-,14?/m1/s1. The lowest BCUT2D eigenvalue weighted by Gasteiger charge is -2.34. The Hall–Kier alpha value is -1.91. The van der Waals surface area contributed by atoms with Gasteiger partial charge in [0.15, 0.2) is 5.78 Å². The highest BCUT2D eigenvalue weighted by Gasteiger charge is 2.48. The van der Waals surface area contributed by atoms with Crippen LogP contribution >= 0.6 is 0 Å². The number of ketones is 1. The minimum atomic E-state index is -0.524. The van der Waals surface area contributed by atoms with Gasteiger partial charge in [-0.15, -0.1) is 0 Å². The number of urea groups is 1. The highest BCUT2D eigenvalue weighted by Crippen LogP contribution is 2.32. The van der Waals surface area contributed by atoms with Crippen LogP contribution in [-0.4, -0.2) is 75.3 Å². The smallest absolute Gasteiger partial charge is 0.410 e. The maximum Gasteiger partial charge on any atom is 0.410 e. The van der Waals surface area contributed by atoms with Crippen LogP contribution in [0.3, 0.4) is 0 Å². The summed E-state index contributed by atoms with van der Waals surface area (Å²) in [5.74, 6) is 0.226. The topological polar surface area (TPSA) is 109 Å². The van der Waals surface area contributed by atoms with Gasteiger partial charge in [-0.25, -0.2) is 14.8 Å². The van der Waals surface area contributed by atoms with Crippen molar-refractivity contribution in [3.8, 4) is 0 Å². The van der Waals surface area contributed by atoms with E-state index in [0.29, 0.717) is 38.9 Å². The summed E-state index contributed by atoms with van der Waals surface area (Å²) < 4.78 is 5.40. The van der Waals surface area contributed by atoms with Crippen molar-refractivity contribution in [2.24, 2.45) is 5.92 Å². The molecule has 3 amide bonds. The molecule has 28 heavy (non-hydrogen) atoms. The zero-order chi connectivity index (χ0) is 20.5. The van der Waals surface area contributed by atoms with Gasteiger partial charge in [0.25, 0.3) is 0 Å². The number of carbonyl (C=O) groups excluding carboxylic acids is 3. The fourth-order valence-electron chi connectivity index (χ4n) is 4.17. The van der Waals surface area contributed by atoms with E-state index >= 15 is 0 Å². The maximum absolute atomic E-state index is 12.8. The molecule has 3 saturated heterocycles. The molecule has 0 aliphatic carbocycles. The molecule has 2 bridgehead atoms. The van der Waals surface area contributed by atoms with E-state index < -0.39 is 17.7 Å². The van der Waals surface area contributed by atoms with Crippen LogP contribution in [0.5, 0.6) is 0 Å². The van der Waals surface area contributed by atoms with Crippen LogP contribution in [0.15, 0.2) is 0 Å². The summed E-state index contributed by atoms with van der Waals surface area (Å²) >= 11 is 0. The minimum Gasteiger partial charge on any atom is -0.444 e. The molecule has 3 fully saturated rings. The largest absolute Gasteiger partial charge is 0.444 e. The molecule has 10 nitrogen and oxygen atoms in total. The van der Waals surface area contributed by atoms with E-state index in [4.69, 9.17) is 9.99 Å². The Balaban J connectivity index is 1.49. The molecule has 0 aromatic rings. The molecule has 3 aliphatic heterocycles. The Labute approximate surface area is 164 Å². The predicted octanol–water partition coefficient (Wildman–Crippen LogP) is 2.20. The van der Waals surface area contributed by atoms with Crippen molar-refractivity contribution in [3.63, 3.8) is 0 Å². The number of hydrogen-bond donors (Lipinski definition) is 1. The van der Waals surface area contributed by atoms with Gasteiger partial charge in [-0.1, -0.05) is 4.99 Å². The Morgan fingerprint density at radius 1 is 1.14 bits per heavy atom. The van der Waals surface area contributed by atoms with Crippen molar-refractivity contribution in [3.05, 3.63) is 0 Å². The van der Waals surface area contributed by atoms with Crippen molar-refractivity contribution in [1.82, 2.24) is 14.9 Å². The fourth-order valence-corrected chi connectivity index (χ4v) is 4.17. The van der Waals surface area contributed by atoms with Gasteiger partial charge in [-0.2, -0.15) is 5.06 Å². The van der Waals surface area contributed by atoms with Crippen molar-refractivity contribution in [2.75, 3.05) is 19.6 Å². The van der Waals surface area contributed by atoms with Crippen LogP contribution in [0.2, 0.25) is 0 Å². The molecule has 0 saturated carbocycles. The number of carbonyl (C=O) groups is 3. The molecule has 3 aliphatic rings. The monoisotopic (exact) mass is 399 g/mol. The van der Waals surface area contributed by atoms with Gasteiger partial charge in [0.1, 0.15) is 5.60 Å². The van der Waals surface area contributed by atoms with Crippen molar-refractivity contribution < 1.29 is 34.4 Å². The first-order valence-corrected chi connectivity index (χ1v) is 9.78. The fraction of sp³-hybridized carbons (Fsp3) is 0.833. The van der Waals surface area contributed by atoms with E-state index in [-0.39, 0.29) is 23.8 Å². The lowest BCUT2D eigenvalue weighted by molar-refractivity contribution is -0.556. The molecular weight excluding hydrogens is 370 g/mol. The Kier molecular flexibility index (Phi) is 6.11. The van der Waals surface area contributed by atoms with Crippen LogP contribution in [0.1, 0.15) is 52.9 Å². The lowest BCUT2D eigenvalue weighted by Crippen LogP contribution is -2.46.